The summed E-state index contributed by atoms with van der Waals surface area (Å²) in [6.45, 7) is 0.0631. The van der Waals surface area contributed by atoms with Crippen molar-refractivity contribution < 1.29 is 23.2 Å². The molecule has 4 nitrogen and oxygen atoms in total. The number of hydrogen-bond donors (Lipinski definition) is 2. The molecule has 2 N–H and O–H groups in total. The van der Waals surface area contributed by atoms with Gasteiger partial charge < -0.3 is 15.0 Å². The van der Waals surface area contributed by atoms with Gasteiger partial charge in [0.2, 0.25) is 0 Å². The van der Waals surface area contributed by atoms with Crippen molar-refractivity contribution in [2.45, 2.75) is 26.1 Å². The van der Waals surface area contributed by atoms with Gasteiger partial charge in [-0.2, -0.15) is 8.78 Å². The van der Waals surface area contributed by atoms with E-state index < -0.39 is 6.61 Å². The smallest absolute Gasteiger partial charge is 0.387 e. The molecule has 2 atom stereocenters. The van der Waals surface area contributed by atoms with E-state index in [-0.39, 0.29) is 17.7 Å². The molecule has 0 saturated heterocycles. The van der Waals surface area contributed by atoms with Crippen LogP contribution in [-0.2, 0) is 11.3 Å². The number of nitrogens with one attached hydrogen (secondary N) is 2. The van der Waals surface area contributed by atoms with Crippen LogP contribution in [0.1, 0.15) is 24.1 Å². The Hall–Kier alpha value is -2.99. The van der Waals surface area contributed by atoms with Gasteiger partial charge in [0.25, 0.3) is 5.91 Å². The van der Waals surface area contributed by atoms with E-state index in [9.17, 15) is 13.6 Å². The van der Waals surface area contributed by atoms with Gasteiger partial charge in [-0.3, -0.25) is 4.79 Å². The number of rotatable bonds is 8. The molecule has 6 heteroatoms. The van der Waals surface area contributed by atoms with Crippen LogP contribution in [0, 0.1) is 0 Å². The lowest BCUT2D eigenvalue weighted by atomic mass is 10.00. The summed E-state index contributed by atoms with van der Waals surface area (Å²) in [6.07, 6.45) is 0. The van der Waals surface area contributed by atoms with E-state index in [2.05, 4.69) is 28.3 Å². The molecule has 0 aliphatic heterocycles. The van der Waals surface area contributed by atoms with Crippen LogP contribution in [0.15, 0.2) is 66.7 Å². The molecule has 1 unspecified atom stereocenters. The van der Waals surface area contributed by atoms with Crippen molar-refractivity contribution in [1.29, 1.82) is 0 Å². The lowest BCUT2D eigenvalue weighted by Crippen LogP contribution is -3.08. The van der Waals surface area contributed by atoms with E-state index in [0.29, 0.717) is 13.1 Å². The Morgan fingerprint density at radius 1 is 1.03 bits per heavy atom. The summed E-state index contributed by atoms with van der Waals surface area (Å²) in [7, 11) is 1.92. The number of likely N-dealkylation sites (N-methyl/N-ethyl adjacent to an activating group) is 1. The van der Waals surface area contributed by atoms with Crippen LogP contribution in [0.4, 0.5) is 8.78 Å². The SMILES string of the molecule is C[C@H](NC(=O)C[NH+](C)Cc1ccc(OC(F)F)cc1)c1cccc2ccccc12. The minimum absolute atomic E-state index is 0.0411. The van der Waals surface area contributed by atoms with Crippen LogP contribution < -0.4 is 15.0 Å². The molecule has 1 amide bonds. The van der Waals surface area contributed by atoms with Gasteiger partial charge >= 0.3 is 6.61 Å². The predicted octanol–water partition coefficient (Wildman–Crippen LogP) is 3.33. The summed E-state index contributed by atoms with van der Waals surface area (Å²) >= 11 is 0. The number of carbonyl (C=O) groups excluding carboxylic acids is 1. The van der Waals surface area contributed by atoms with E-state index >= 15 is 0 Å². The number of benzene rings is 3. The summed E-state index contributed by atoms with van der Waals surface area (Å²) in [4.78, 5) is 13.5. The highest BCUT2D eigenvalue weighted by Gasteiger charge is 2.16. The molecular weight excluding hydrogens is 374 g/mol. The highest BCUT2D eigenvalue weighted by Crippen LogP contribution is 2.23. The van der Waals surface area contributed by atoms with Gasteiger partial charge in [0.1, 0.15) is 12.3 Å². The predicted molar refractivity (Wildman–Crippen MR) is 109 cm³/mol. The van der Waals surface area contributed by atoms with Crippen molar-refractivity contribution >= 4 is 16.7 Å². The Kier molecular flexibility index (Phi) is 6.77. The first-order valence-electron chi connectivity index (χ1n) is 9.54. The first kappa shape index (κ1) is 20.7. The topological polar surface area (TPSA) is 42.8 Å². The average Bonchev–Trinajstić information content (AvgIpc) is 2.68. The fraction of sp³-hybridized carbons (Fsp3) is 0.261. The van der Waals surface area contributed by atoms with Gasteiger partial charge in [-0.15, -0.1) is 0 Å². The molecule has 0 aliphatic carbocycles. The Bertz CT molecular complexity index is 955. The van der Waals surface area contributed by atoms with Gasteiger partial charge in [0.05, 0.1) is 13.1 Å². The van der Waals surface area contributed by atoms with E-state index in [4.69, 9.17) is 0 Å². The van der Waals surface area contributed by atoms with Crippen molar-refractivity contribution in [3.63, 3.8) is 0 Å². The Labute approximate surface area is 169 Å². The molecule has 0 bridgehead atoms. The second-order valence-corrected chi connectivity index (χ2v) is 7.19. The normalized spacial score (nSPS) is 13.3. The number of hydrogen-bond acceptors (Lipinski definition) is 2. The van der Waals surface area contributed by atoms with Crippen LogP contribution in [0.2, 0.25) is 0 Å². The first-order chi connectivity index (χ1) is 13.9. The second kappa shape index (κ2) is 9.47. The minimum atomic E-state index is -2.83. The number of amides is 1. The van der Waals surface area contributed by atoms with Crippen molar-refractivity contribution in [2.75, 3.05) is 13.6 Å². The van der Waals surface area contributed by atoms with E-state index in [1.807, 2.05) is 38.2 Å². The Morgan fingerprint density at radius 2 is 1.72 bits per heavy atom. The van der Waals surface area contributed by atoms with Gasteiger partial charge in [-0.25, -0.2) is 0 Å². The van der Waals surface area contributed by atoms with Gasteiger partial charge in [0, 0.05) is 5.56 Å². The van der Waals surface area contributed by atoms with Crippen LogP contribution in [0.3, 0.4) is 0 Å². The fourth-order valence-electron chi connectivity index (χ4n) is 3.47. The molecule has 0 spiro atoms. The molecule has 3 aromatic rings. The molecule has 152 valence electrons. The largest absolute Gasteiger partial charge is 0.435 e. The lowest BCUT2D eigenvalue weighted by Gasteiger charge is -2.19. The van der Waals surface area contributed by atoms with E-state index in [0.717, 1.165) is 26.8 Å². The quantitative estimate of drug-likeness (QED) is 0.610. The van der Waals surface area contributed by atoms with Crippen LogP contribution >= 0.6 is 0 Å². The zero-order valence-electron chi connectivity index (χ0n) is 16.5. The number of fused-ring (bicyclic) bond motifs is 1. The van der Waals surface area contributed by atoms with Gasteiger partial charge in [-0.05, 0) is 47.5 Å². The molecule has 0 fully saturated rings. The molecule has 0 radical (unpaired) electrons. The second-order valence-electron chi connectivity index (χ2n) is 7.19. The zero-order chi connectivity index (χ0) is 20.8. The number of carbonyl (C=O) groups is 1. The van der Waals surface area contributed by atoms with Crippen LogP contribution in [-0.4, -0.2) is 26.1 Å². The molecule has 0 aliphatic rings. The molecule has 0 saturated carbocycles. The molecule has 29 heavy (non-hydrogen) atoms. The van der Waals surface area contributed by atoms with Crippen molar-refractivity contribution in [3.05, 3.63) is 77.9 Å². The Morgan fingerprint density at radius 3 is 2.45 bits per heavy atom. The third kappa shape index (κ3) is 5.74. The number of alkyl halides is 2. The van der Waals surface area contributed by atoms with Crippen LogP contribution in [0.5, 0.6) is 5.75 Å². The zero-order valence-corrected chi connectivity index (χ0v) is 16.5. The third-order valence-corrected chi connectivity index (χ3v) is 4.78. The van der Waals surface area contributed by atoms with Crippen molar-refractivity contribution in [2.24, 2.45) is 0 Å². The fourth-order valence-corrected chi connectivity index (χ4v) is 3.47. The standard InChI is InChI=1S/C23H24F2N2O2/c1-16(20-9-5-7-18-6-3-4-8-21(18)20)26-22(28)15-27(2)14-17-10-12-19(13-11-17)29-23(24)25/h3-13,16,23H,14-15H2,1-2H3,(H,26,28)/p+1/t16-/m0/s1. The van der Waals surface area contributed by atoms with Crippen molar-refractivity contribution in [1.82, 2.24) is 5.32 Å². The molecule has 3 aromatic carbocycles. The molecular formula is C23H25F2N2O2+. The van der Waals surface area contributed by atoms with Gasteiger partial charge in [-0.1, -0.05) is 42.5 Å². The Balaban J connectivity index is 1.55. The first-order valence-corrected chi connectivity index (χ1v) is 9.54. The van der Waals surface area contributed by atoms with Gasteiger partial charge in [0.15, 0.2) is 6.54 Å². The average molecular weight is 399 g/mol. The molecule has 0 heterocycles. The maximum absolute atomic E-state index is 12.5. The lowest BCUT2D eigenvalue weighted by molar-refractivity contribution is -0.885. The number of quaternary nitrogens is 1. The summed E-state index contributed by atoms with van der Waals surface area (Å²) in [6, 6.07) is 20.6. The van der Waals surface area contributed by atoms with Crippen molar-refractivity contribution in [3.8, 4) is 5.75 Å². The summed E-state index contributed by atoms with van der Waals surface area (Å²) < 4.78 is 28.8. The van der Waals surface area contributed by atoms with E-state index in [1.54, 1.807) is 12.1 Å². The summed E-state index contributed by atoms with van der Waals surface area (Å²) in [5.74, 6) is 0.0867. The number of ether oxygens (including phenoxy) is 1. The molecule has 0 aromatic heterocycles. The highest BCUT2D eigenvalue weighted by molar-refractivity contribution is 5.87. The molecule has 3 rings (SSSR count). The monoisotopic (exact) mass is 399 g/mol. The van der Waals surface area contributed by atoms with Crippen LogP contribution in [0.25, 0.3) is 10.8 Å². The highest BCUT2D eigenvalue weighted by atomic mass is 19.3. The minimum Gasteiger partial charge on any atom is -0.435 e. The summed E-state index contributed by atoms with van der Waals surface area (Å²) in [5, 5.41) is 5.35. The number of halogens is 2. The summed E-state index contributed by atoms with van der Waals surface area (Å²) in [5.41, 5.74) is 2.03. The third-order valence-electron chi connectivity index (χ3n) is 4.78. The van der Waals surface area contributed by atoms with E-state index in [1.165, 1.54) is 12.1 Å². The maximum atomic E-state index is 12.5. The maximum Gasteiger partial charge on any atom is 0.387 e.